The standard InChI is InChI=1S/C26H24Cl2N4O5/c1-16(2)32-24-20(5-6-21-25(24)37-23(34)8-7-22(33)36-21)31(26(32)35)14-11-29-9-12-30(13-10-29)17-3-4-18(27)19(28)15-17/h3-8,15H,1,9-14H2,2H3/b8-7+. The molecule has 3 aromatic rings. The van der Waals surface area contributed by atoms with Crippen LogP contribution < -0.4 is 20.1 Å². The smallest absolute Gasteiger partial charge is 0.336 e. The monoisotopic (exact) mass is 542 g/mol. The van der Waals surface area contributed by atoms with Crippen LogP contribution >= 0.6 is 23.2 Å². The van der Waals surface area contributed by atoms with Gasteiger partial charge in [-0.3, -0.25) is 14.0 Å². The number of aromatic nitrogens is 2. The van der Waals surface area contributed by atoms with Crippen molar-refractivity contribution in [1.82, 2.24) is 14.0 Å². The summed E-state index contributed by atoms with van der Waals surface area (Å²) in [5.74, 6) is -1.38. The van der Waals surface area contributed by atoms with Crippen molar-refractivity contribution in [2.24, 2.45) is 0 Å². The quantitative estimate of drug-likeness (QED) is 0.358. The fraction of sp³-hybridized carbons (Fsp3) is 0.269. The Morgan fingerprint density at radius 1 is 0.919 bits per heavy atom. The number of esters is 2. The molecule has 0 aliphatic carbocycles. The summed E-state index contributed by atoms with van der Waals surface area (Å²) in [6, 6.07) is 8.84. The summed E-state index contributed by atoms with van der Waals surface area (Å²) in [4.78, 5) is 42.1. The predicted octanol–water partition coefficient (Wildman–Crippen LogP) is 3.80. The van der Waals surface area contributed by atoms with Gasteiger partial charge in [0.2, 0.25) is 0 Å². The lowest BCUT2D eigenvalue weighted by Gasteiger charge is -2.36. The van der Waals surface area contributed by atoms with Gasteiger partial charge in [-0.05, 0) is 37.3 Å². The third-order valence-electron chi connectivity index (χ3n) is 6.44. The Morgan fingerprint density at radius 2 is 1.62 bits per heavy atom. The van der Waals surface area contributed by atoms with Crippen molar-refractivity contribution in [1.29, 1.82) is 0 Å². The predicted molar refractivity (Wildman–Crippen MR) is 143 cm³/mol. The number of carbonyl (C=O) groups excluding carboxylic acids is 2. The molecule has 192 valence electrons. The van der Waals surface area contributed by atoms with Crippen LogP contribution in [0.2, 0.25) is 10.0 Å². The Kier molecular flexibility index (Phi) is 6.85. The van der Waals surface area contributed by atoms with Crippen molar-refractivity contribution in [3.63, 3.8) is 0 Å². The molecule has 0 radical (unpaired) electrons. The first-order chi connectivity index (χ1) is 17.7. The van der Waals surface area contributed by atoms with Crippen LogP contribution in [0.5, 0.6) is 11.5 Å². The molecule has 1 aromatic heterocycles. The fourth-order valence-corrected chi connectivity index (χ4v) is 4.90. The molecular formula is C26H24Cl2N4O5. The maximum absolute atomic E-state index is 13.4. The Bertz CT molecular complexity index is 1520. The van der Waals surface area contributed by atoms with Crippen molar-refractivity contribution in [2.75, 3.05) is 37.6 Å². The lowest BCUT2D eigenvalue weighted by atomic mass is 10.2. The molecule has 2 aliphatic heterocycles. The number of fused-ring (bicyclic) bond motifs is 3. The van der Waals surface area contributed by atoms with Crippen LogP contribution in [-0.4, -0.2) is 58.7 Å². The summed E-state index contributed by atoms with van der Waals surface area (Å²) in [5.41, 5.74) is 2.03. The number of allylic oxidation sites excluding steroid dienone is 1. The second-order valence-electron chi connectivity index (χ2n) is 8.87. The third-order valence-corrected chi connectivity index (χ3v) is 7.18. The van der Waals surface area contributed by atoms with Gasteiger partial charge in [0.25, 0.3) is 0 Å². The highest BCUT2D eigenvalue weighted by atomic mass is 35.5. The molecule has 9 nitrogen and oxygen atoms in total. The molecule has 2 aromatic carbocycles. The van der Waals surface area contributed by atoms with E-state index in [4.69, 9.17) is 32.7 Å². The number of carbonyl (C=O) groups is 2. The lowest BCUT2D eigenvalue weighted by Crippen LogP contribution is -2.47. The highest BCUT2D eigenvalue weighted by molar-refractivity contribution is 6.42. The zero-order valence-corrected chi connectivity index (χ0v) is 21.6. The molecule has 37 heavy (non-hydrogen) atoms. The molecular weight excluding hydrogens is 519 g/mol. The van der Waals surface area contributed by atoms with Crippen molar-refractivity contribution < 1.29 is 19.1 Å². The molecule has 1 fully saturated rings. The third kappa shape index (κ3) is 4.90. The molecule has 0 spiro atoms. The average molecular weight is 543 g/mol. The number of benzene rings is 2. The zero-order chi connectivity index (χ0) is 26.3. The second kappa shape index (κ2) is 10.1. The number of anilines is 1. The van der Waals surface area contributed by atoms with Crippen LogP contribution in [0.15, 0.2) is 53.9 Å². The lowest BCUT2D eigenvalue weighted by molar-refractivity contribution is -0.133. The van der Waals surface area contributed by atoms with Gasteiger partial charge in [0.1, 0.15) is 5.52 Å². The normalized spacial score (nSPS) is 17.1. The summed E-state index contributed by atoms with van der Waals surface area (Å²) < 4.78 is 13.8. The van der Waals surface area contributed by atoms with E-state index >= 15 is 0 Å². The van der Waals surface area contributed by atoms with E-state index in [-0.39, 0.29) is 17.2 Å². The number of hydrogen-bond acceptors (Lipinski definition) is 7. The maximum Gasteiger partial charge on any atom is 0.336 e. The molecule has 0 bridgehead atoms. The zero-order valence-electron chi connectivity index (χ0n) is 20.1. The molecule has 3 heterocycles. The summed E-state index contributed by atoms with van der Waals surface area (Å²) in [6.07, 6.45) is 1.98. The largest absolute Gasteiger partial charge is 0.419 e. The number of rotatable bonds is 5. The van der Waals surface area contributed by atoms with E-state index in [1.807, 2.05) is 12.1 Å². The molecule has 0 saturated carbocycles. The summed E-state index contributed by atoms with van der Waals surface area (Å²) in [7, 11) is 0. The van der Waals surface area contributed by atoms with E-state index in [1.165, 1.54) is 10.6 Å². The molecule has 0 unspecified atom stereocenters. The number of halogens is 2. The van der Waals surface area contributed by atoms with E-state index in [0.717, 1.165) is 44.0 Å². The Labute approximate surface area is 222 Å². The van der Waals surface area contributed by atoms with Crippen LogP contribution in [0, 0.1) is 0 Å². The number of imidazole rings is 1. The highest BCUT2D eigenvalue weighted by Crippen LogP contribution is 2.37. The van der Waals surface area contributed by atoms with Gasteiger partial charge in [-0.25, -0.2) is 14.4 Å². The SMILES string of the molecule is C=C(C)n1c(=O)n(CCN2CCN(c3ccc(Cl)c(Cl)c3)CC2)c2ccc3c(c21)OC(=O)/C=C/C(=O)O3. The van der Waals surface area contributed by atoms with Gasteiger partial charge < -0.3 is 14.4 Å². The van der Waals surface area contributed by atoms with Gasteiger partial charge in [-0.15, -0.1) is 0 Å². The number of hydrogen-bond donors (Lipinski definition) is 0. The Morgan fingerprint density at radius 3 is 2.30 bits per heavy atom. The molecule has 1 saturated heterocycles. The van der Waals surface area contributed by atoms with E-state index in [2.05, 4.69) is 16.4 Å². The van der Waals surface area contributed by atoms with Gasteiger partial charge in [-0.1, -0.05) is 29.8 Å². The Balaban J connectivity index is 1.39. The van der Waals surface area contributed by atoms with Crippen LogP contribution in [0.3, 0.4) is 0 Å². The van der Waals surface area contributed by atoms with Crippen LogP contribution in [-0.2, 0) is 16.1 Å². The molecule has 0 amide bonds. The average Bonchev–Trinajstić information content (AvgIpc) is 3.15. The van der Waals surface area contributed by atoms with Gasteiger partial charge >= 0.3 is 17.6 Å². The van der Waals surface area contributed by atoms with Gasteiger partial charge in [0, 0.05) is 62.8 Å². The summed E-state index contributed by atoms with van der Waals surface area (Å²) >= 11 is 12.2. The number of nitrogens with zero attached hydrogens (tertiary/aromatic N) is 4. The van der Waals surface area contributed by atoms with Crippen molar-refractivity contribution in [3.05, 3.63) is 69.6 Å². The minimum atomic E-state index is -0.737. The first-order valence-electron chi connectivity index (χ1n) is 11.7. The number of ether oxygens (including phenoxy) is 2. The van der Waals surface area contributed by atoms with Crippen molar-refractivity contribution in [2.45, 2.75) is 13.5 Å². The second-order valence-corrected chi connectivity index (χ2v) is 9.68. The molecule has 5 rings (SSSR count). The molecule has 0 atom stereocenters. The van der Waals surface area contributed by atoms with Gasteiger partial charge in [-0.2, -0.15) is 0 Å². The van der Waals surface area contributed by atoms with Crippen LogP contribution in [0.1, 0.15) is 6.92 Å². The fourth-order valence-electron chi connectivity index (χ4n) is 4.61. The van der Waals surface area contributed by atoms with E-state index < -0.39 is 11.9 Å². The van der Waals surface area contributed by atoms with E-state index in [1.54, 1.807) is 23.6 Å². The summed E-state index contributed by atoms with van der Waals surface area (Å²) in [5, 5.41) is 1.06. The number of piperazine rings is 1. The van der Waals surface area contributed by atoms with Crippen molar-refractivity contribution >= 4 is 57.6 Å². The topological polar surface area (TPSA) is 86.0 Å². The molecule has 0 N–H and O–H groups in total. The first-order valence-corrected chi connectivity index (χ1v) is 12.5. The summed E-state index contributed by atoms with van der Waals surface area (Å²) in [6.45, 7) is 9.89. The Hall–Kier alpha value is -3.53. The molecule has 11 heteroatoms. The first kappa shape index (κ1) is 25.1. The highest BCUT2D eigenvalue weighted by Gasteiger charge is 2.26. The van der Waals surface area contributed by atoms with Crippen LogP contribution in [0.25, 0.3) is 16.7 Å². The minimum absolute atomic E-state index is 0.00860. The molecule has 2 aliphatic rings. The van der Waals surface area contributed by atoms with Gasteiger partial charge in [0.05, 0.1) is 15.6 Å². The van der Waals surface area contributed by atoms with Crippen LogP contribution in [0.4, 0.5) is 5.69 Å². The van der Waals surface area contributed by atoms with Gasteiger partial charge in [0.15, 0.2) is 11.5 Å². The minimum Gasteiger partial charge on any atom is -0.419 e. The van der Waals surface area contributed by atoms with E-state index in [0.29, 0.717) is 39.9 Å². The van der Waals surface area contributed by atoms with Crippen molar-refractivity contribution in [3.8, 4) is 11.5 Å². The van der Waals surface area contributed by atoms with E-state index in [9.17, 15) is 14.4 Å². The maximum atomic E-state index is 13.4.